The summed E-state index contributed by atoms with van der Waals surface area (Å²) in [4.78, 5) is 11.7. The summed E-state index contributed by atoms with van der Waals surface area (Å²) in [5, 5.41) is 5.77. The molecule has 1 rings (SSSR count). The first-order valence-electron chi connectivity index (χ1n) is 6.82. The topological polar surface area (TPSA) is 50.4 Å². The number of benzene rings is 1. The molecule has 0 aliphatic rings. The van der Waals surface area contributed by atoms with Crippen LogP contribution in [0.25, 0.3) is 0 Å². The maximum Gasteiger partial charge on any atom is 0.315 e. The molecule has 0 aliphatic heterocycles. The summed E-state index contributed by atoms with van der Waals surface area (Å²) in [7, 11) is 0. The third-order valence-electron chi connectivity index (χ3n) is 2.96. The average molecular weight is 264 g/mol. The zero-order valence-corrected chi connectivity index (χ0v) is 12.0. The van der Waals surface area contributed by atoms with Gasteiger partial charge in [0.15, 0.2) is 0 Å². The summed E-state index contributed by atoms with van der Waals surface area (Å²) in [5.74, 6) is 0. The SMILES string of the molecule is CCOCCCNC(=O)NC(C)c1ccccc1C. The van der Waals surface area contributed by atoms with Crippen LogP contribution in [0.5, 0.6) is 0 Å². The molecule has 19 heavy (non-hydrogen) atoms. The van der Waals surface area contributed by atoms with E-state index < -0.39 is 0 Å². The van der Waals surface area contributed by atoms with Gasteiger partial charge in [0.05, 0.1) is 6.04 Å². The zero-order valence-electron chi connectivity index (χ0n) is 12.0. The number of nitrogens with one attached hydrogen (secondary N) is 2. The van der Waals surface area contributed by atoms with Crippen LogP contribution in [0.3, 0.4) is 0 Å². The van der Waals surface area contributed by atoms with Crippen molar-refractivity contribution in [2.45, 2.75) is 33.2 Å². The summed E-state index contributed by atoms with van der Waals surface area (Å²) in [5.41, 5.74) is 2.33. The molecule has 1 atom stereocenters. The molecular formula is C15H24N2O2. The summed E-state index contributed by atoms with van der Waals surface area (Å²) in [6.07, 6.45) is 0.833. The molecule has 106 valence electrons. The average Bonchev–Trinajstić information content (AvgIpc) is 2.39. The minimum Gasteiger partial charge on any atom is -0.382 e. The number of carbonyl (C=O) groups is 1. The van der Waals surface area contributed by atoms with Crippen molar-refractivity contribution in [1.29, 1.82) is 0 Å². The van der Waals surface area contributed by atoms with E-state index >= 15 is 0 Å². The molecule has 0 saturated heterocycles. The molecule has 0 heterocycles. The monoisotopic (exact) mass is 264 g/mol. The van der Waals surface area contributed by atoms with Gasteiger partial charge in [-0.05, 0) is 38.3 Å². The number of rotatable bonds is 7. The fourth-order valence-electron chi connectivity index (χ4n) is 1.92. The molecule has 2 N–H and O–H groups in total. The number of ether oxygens (including phenoxy) is 1. The van der Waals surface area contributed by atoms with Crippen LogP contribution in [-0.4, -0.2) is 25.8 Å². The van der Waals surface area contributed by atoms with Crippen molar-refractivity contribution in [2.24, 2.45) is 0 Å². The number of amides is 2. The molecule has 2 amide bonds. The predicted molar refractivity (Wildman–Crippen MR) is 77.2 cm³/mol. The maximum atomic E-state index is 11.7. The van der Waals surface area contributed by atoms with Crippen molar-refractivity contribution in [3.8, 4) is 0 Å². The second-order valence-corrected chi connectivity index (χ2v) is 4.53. The first-order valence-corrected chi connectivity index (χ1v) is 6.82. The Morgan fingerprint density at radius 1 is 1.37 bits per heavy atom. The molecule has 0 bridgehead atoms. The van der Waals surface area contributed by atoms with Crippen LogP contribution in [0.2, 0.25) is 0 Å². The van der Waals surface area contributed by atoms with E-state index in [0.717, 1.165) is 18.6 Å². The van der Waals surface area contributed by atoms with E-state index in [9.17, 15) is 4.79 Å². The van der Waals surface area contributed by atoms with Gasteiger partial charge in [0, 0.05) is 19.8 Å². The molecule has 1 aromatic rings. The molecule has 1 aromatic carbocycles. The lowest BCUT2D eigenvalue weighted by atomic mass is 10.0. The number of hydrogen-bond donors (Lipinski definition) is 2. The first kappa shape index (κ1) is 15.5. The van der Waals surface area contributed by atoms with E-state index in [4.69, 9.17) is 4.74 Å². The molecule has 0 fully saturated rings. The molecule has 0 aromatic heterocycles. The second-order valence-electron chi connectivity index (χ2n) is 4.53. The Balaban J connectivity index is 2.30. The third-order valence-corrected chi connectivity index (χ3v) is 2.96. The standard InChI is InChI=1S/C15H24N2O2/c1-4-19-11-7-10-16-15(18)17-13(3)14-9-6-5-8-12(14)2/h5-6,8-9,13H,4,7,10-11H2,1-3H3,(H2,16,17,18). The van der Waals surface area contributed by atoms with Gasteiger partial charge >= 0.3 is 6.03 Å². The van der Waals surface area contributed by atoms with Gasteiger partial charge in [0.2, 0.25) is 0 Å². The minimum absolute atomic E-state index is 0.00749. The largest absolute Gasteiger partial charge is 0.382 e. The fourth-order valence-corrected chi connectivity index (χ4v) is 1.92. The molecule has 0 aliphatic carbocycles. The number of carbonyl (C=O) groups excluding carboxylic acids is 1. The van der Waals surface area contributed by atoms with E-state index in [1.807, 2.05) is 45.0 Å². The van der Waals surface area contributed by atoms with Crippen molar-refractivity contribution in [3.05, 3.63) is 35.4 Å². The second kappa shape index (κ2) is 8.53. The van der Waals surface area contributed by atoms with E-state index in [2.05, 4.69) is 10.6 Å². The summed E-state index contributed by atoms with van der Waals surface area (Å²) >= 11 is 0. The van der Waals surface area contributed by atoms with Crippen molar-refractivity contribution in [3.63, 3.8) is 0 Å². The molecular weight excluding hydrogens is 240 g/mol. The number of hydrogen-bond acceptors (Lipinski definition) is 2. The Kier molecular flexibility index (Phi) is 6.97. The zero-order chi connectivity index (χ0) is 14.1. The number of urea groups is 1. The lowest BCUT2D eigenvalue weighted by Gasteiger charge is -2.17. The van der Waals surface area contributed by atoms with Crippen LogP contribution in [0.1, 0.15) is 37.4 Å². The lowest BCUT2D eigenvalue weighted by molar-refractivity contribution is 0.145. The Labute approximate surface area is 115 Å². The highest BCUT2D eigenvalue weighted by molar-refractivity contribution is 5.74. The van der Waals surface area contributed by atoms with Gasteiger partial charge < -0.3 is 15.4 Å². The predicted octanol–water partition coefficient (Wildman–Crippen LogP) is 2.78. The van der Waals surface area contributed by atoms with Crippen molar-refractivity contribution < 1.29 is 9.53 Å². The Bertz CT molecular complexity index is 393. The van der Waals surface area contributed by atoms with Gasteiger partial charge in [-0.15, -0.1) is 0 Å². The van der Waals surface area contributed by atoms with E-state index in [-0.39, 0.29) is 12.1 Å². The van der Waals surface area contributed by atoms with Crippen molar-refractivity contribution in [2.75, 3.05) is 19.8 Å². The van der Waals surface area contributed by atoms with Crippen LogP contribution in [0, 0.1) is 6.92 Å². The highest BCUT2D eigenvalue weighted by Gasteiger charge is 2.10. The molecule has 4 nitrogen and oxygen atoms in total. The molecule has 0 saturated carbocycles. The van der Waals surface area contributed by atoms with Crippen LogP contribution in [-0.2, 0) is 4.74 Å². The summed E-state index contributed by atoms with van der Waals surface area (Å²) in [6.45, 7) is 8.03. The quantitative estimate of drug-likeness (QED) is 0.744. The summed E-state index contributed by atoms with van der Waals surface area (Å²) < 4.78 is 5.21. The van der Waals surface area contributed by atoms with Gasteiger partial charge in [-0.25, -0.2) is 4.79 Å². The lowest BCUT2D eigenvalue weighted by Crippen LogP contribution is -2.37. The summed E-state index contributed by atoms with van der Waals surface area (Å²) in [6, 6.07) is 7.95. The first-order chi connectivity index (χ1) is 9.15. The van der Waals surface area contributed by atoms with Gasteiger partial charge in [-0.3, -0.25) is 0 Å². The Hall–Kier alpha value is -1.55. The maximum absolute atomic E-state index is 11.7. The van der Waals surface area contributed by atoms with Crippen molar-refractivity contribution in [1.82, 2.24) is 10.6 Å². The molecule has 0 radical (unpaired) electrons. The van der Waals surface area contributed by atoms with Crippen LogP contribution in [0.15, 0.2) is 24.3 Å². The van der Waals surface area contributed by atoms with E-state index in [1.54, 1.807) is 0 Å². The Morgan fingerprint density at radius 3 is 2.79 bits per heavy atom. The molecule has 0 spiro atoms. The normalized spacial score (nSPS) is 11.9. The van der Waals surface area contributed by atoms with E-state index in [0.29, 0.717) is 13.2 Å². The minimum atomic E-state index is -0.132. The Morgan fingerprint density at radius 2 is 2.11 bits per heavy atom. The van der Waals surface area contributed by atoms with Gasteiger partial charge in [0.25, 0.3) is 0 Å². The highest BCUT2D eigenvalue weighted by Crippen LogP contribution is 2.16. The van der Waals surface area contributed by atoms with Crippen LogP contribution in [0.4, 0.5) is 4.79 Å². The number of aryl methyl sites for hydroxylation is 1. The van der Waals surface area contributed by atoms with Crippen molar-refractivity contribution >= 4 is 6.03 Å². The third kappa shape index (κ3) is 5.75. The van der Waals surface area contributed by atoms with Crippen LogP contribution >= 0.6 is 0 Å². The van der Waals surface area contributed by atoms with Gasteiger partial charge in [-0.2, -0.15) is 0 Å². The molecule has 4 heteroatoms. The highest BCUT2D eigenvalue weighted by atomic mass is 16.5. The molecule has 1 unspecified atom stereocenters. The smallest absolute Gasteiger partial charge is 0.315 e. The fraction of sp³-hybridized carbons (Fsp3) is 0.533. The van der Waals surface area contributed by atoms with E-state index in [1.165, 1.54) is 5.56 Å². The van der Waals surface area contributed by atoms with Gasteiger partial charge in [0.1, 0.15) is 0 Å². The van der Waals surface area contributed by atoms with Gasteiger partial charge in [-0.1, -0.05) is 24.3 Å². The van der Waals surface area contributed by atoms with Crippen LogP contribution < -0.4 is 10.6 Å².